The van der Waals surface area contributed by atoms with Crippen molar-refractivity contribution in [3.8, 4) is 17.2 Å². The Morgan fingerprint density at radius 2 is 1.67 bits per heavy atom. The van der Waals surface area contributed by atoms with Crippen LogP contribution in [0, 0.1) is 17.4 Å². The molecule has 0 bridgehead atoms. The van der Waals surface area contributed by atoms with Gasteiger partial charge in [-0.05, 0) is 65.8 Å². The van der Waals surface area contributed by atoms with E-state index in [4.69, 9.17) is 25.8 Å². The predicted octanol–water partition coefficient (Wildman–Crippen LogP) is 5.19. The van der Waals surface area contributed by atoms with E-state index < -0.39 is 6.09 Å². The number of halogens is 2. The second-order valence-electron chi connectivity index (χ2n) is 5.07. The van der Waals surface area contributed by atoms with E-state index in [1.54, 1.807) is 12.1 Å². The lowest BCUT2D eigenvalue weighted by Crippen LogP contribution is -2.18. The Kier molecular flexibility index (Phi) is 6.17. The Bertz CT molecular complexity index is 780. The number of amides is 1. The third-order valence-electron chi connectivity index (χ3n) is 3.37. The summed E-state index contributed by atoms with van der Waals surface area (Å²) < 4.78 is 16.9. The van der Waals surface area contributed by atoms with Gasteiger partial charge in [-0.1, -0.05) is 11.6 Å². The fraction of sp³-hybridized carbons (Fsp3) is 0.235. The normalized spacial score (nSPS) is 10.2. The minimum Gasteiger partial charge on any atom is -0.495 e. The zero-order valence-electron chi connectivity index (χ0n) is 13.7. The first-order valence-corrected chi connectivity index (χ1v) is 8.48. The van der Waals surface area contributed by atoms with Crippen LogP contribution in [0.15, 0.2) is 24.3 Å². The molecule has 1 amide bonds. The van der Waals surface area contributed by atoms with Gasteiger partial charge in [0.25, 0.3) is 0 Å². The summed E-state index contributed by atoms with van der Waals surface area (Å²) in [7, 11) is 3.00. The third kappa shape index (κ3) is 4.24. The van der Waals surface area contributed by atoms with Crippen molar-refractivity contribution < 1.29 is 19.0 Å². The average Bonchev–Trinajstić information content (AvgIpc) is 2.53. The van der Waals surface area contributed by atoms with Crippen molar-refractivity contribution in [2.24, 2.45) is 0 Å². The van der Waals surface area contributed by atoms with E-state index in [2.05, 4.69) is 27.9 Å². The maximum atomic E-state index is 12.2. The van der Waals surface area contributed by atoms with Gasteiger partial charge in [0.05, 0.1) is 24.9 Å². The highest BCUT2D eigenvalue weighted by atomic mass is 127. The summed E-state index contributed by atoms with van der Waals surface area (Å²) in [5.74, 6) is 1.38. The SMILES string of the molecule is COc1cc(OC)c(NC(=O)Oc2cc(C)c(I)cc2C)cc1Cl. The molecular weight excluding hydrogens is 445 g/mol. The molecule has 0 saturated heterocycles. The maximum absolute atomic E-state index is 12.2. The quantitative estimate of drug-likeness (QED) is 0.637. The van der Waals surface area contributed by atoms with Gasteiger partial charge in [-0.2, -0.15) is 0 Å². The first-order valence-electron chi connectivity index (χ1n) is 7.02. The number of hydrogen-bond donors (Lipinski definition) is 1. The summed E-state index contributed by atoms with van der Waals surface area (Å²) in [5.41, 5.74) is 2.31. The molecule has 5 nitrogen and oxygen atoms in total. The van der Waals surface area contributed by atoms with Crippen molar-refractivity contribution in [3.05, 3.63) is 44.0 Å². The standard InChI is InChI=1S/C17H17ClINO4/c1-9-6-14(10(2)5-12(9)19)24-17(21)20-13-7-11(18)15(22-3)8-16(13)23-4/h5-8H,1-4H3,(H,20,21). The topological polar surface area (TPSA) is 56.8 Å². The molecule has 2 aromatic rings. The van der Waals surface area contributed by atoms with Crippen LogP contribution < -0.4 is 19.5 Å². The fourth-order valence-electron chi connectivity index (χ4n) is 2.06. The minimum atomic E-state index is -0.627. The highest BCUT2D eigenvalue weighted by Crippen LogP contribution is 2.36. The van der Waals surface area contributed by atoms with Gasteiger partial charge in [0.15, 0.2) is 0 Å². The lowest BCUT2D eigenvalue weighted by molar-refractivity contribution is 0.214. The first kappa shape index (κ1) is 18.7. The smallest absolute Gasteiger partial charge is 0.417 e. The first-order chi connectivity index (χ1) is 11.3. The minimum absolute atomic E-state index is 0.356. The van der Waals surface area contributed by atoms with Crippen molar-refractivity contribution >= 4 is 46.0 Å². The Labute approximate surface area is 159 Å². The van der Waals surface area contributed by atoms with Gasteiger partial charge in [0.2, 0.25) is 0 Å². The zero-order valence-corrected chi connectivity index (χ0v) is 16.6. The molecule has 0 fully saturated rings. The van der Waals surface area contributed by atoms with E-state index in [-0.39, 0.29) is 0 Å². The fourth-order valence-corrected chi connectivity index (χ4v) is 2.92. The lowest BCUT2D eigenvalue weighted by atomic mass is 10.1. The van der Waals surface area contributed by atoms with Gasteiger partial charge < -0.3 is 14.2 Å². The number of rotatable bonds is 4. The maximum Gasteiger partial charge on any atom is 0.417 e. The molecule has 2 rings (SSSR count). The summed E-state index contributed by atoms with van der Waals surface area (Å²) in [4.78, 5) is 12.2. The second kappa shape index (κ2) is 7.94. The van der Waals surface area contributed by atoms with Crippen molar-refractivity contribution in [2.75, 3.05) is 19.5 Å². The third-order valence-corrected chi connectivity index (χ3v) is 4.83. The Morgan fingerprint density at radius 1 is 1.00 bits per heavy atom. The van der Waals surface area contributed by atoms with Crippen LogP contribution in [-0.4, -0.2) is 20.3 Å². The van der Waals surface area contributed by atoms with Crippen molar-refractivity contribution in [1.29, 1.82) is 0 Å². The molecule has 0 aromatic heterocycles. The summed E-state index contributed by atoms with van der Waals surface area (Å²) in [6, 6.07) is 6.93. The summed E-state index contributed by atoms with van der Waals surface area (Å²) in [5, 5.41) is 2.99. The zero-order chi connectivity index (χ0) is 17.9. The van der Waals surface area contributed by atoms with Gasteiger partial charge in [-0.3, -0.25) is 5.32 Å². The highest BCUT2D eigenvalue weighted by Gasteiger charge is 2.15. The molecule has 0 spiro atoms. The van der Waals surface area contributed by atoms with Gasteiger partial charge >= 0.3 is 6.09 Å². The van der Waals surface area contributed by atoms with E-state index in [1.807, 2.05) is 26.0 Å². The van der Waals surface area contributed by atoms with Gasteiger partial charge in [-0.15, -0.1) is 0 Å². The van der Waals surface area contributed by atoms with Crippen molar-refractivity contribution in [2.45, 2.75) is 13.8 Å². The van der Waals surface area contributed by atoms with E-state index in [0.29, 0.717) is 28.0 Å². The van der Waals surface area contributed by atoms with Crippen LogP contribution in [0.1, 0.15) is 11.1 Å². The summed E-state index contributed by atoms with van der Waals surface area (Å²) >= 11 is 8.33. The van der Waals surface area contributed by atoms with E-state index in [0.717, 1.165) is 14.7 Å². The molecule has 7 heteroatoms. The molecule has 1 N–H and O–H groups in total. The predicted molar refractivity (Wildman–Crippen MR) is 103 cm³/mol. The number of carbonyl (C=O) groups excluding carboxylic acids is 1. The molecule has 24 heavy (non-hydrogen) atoms. The summed E-state index contributed by atoms with van der Waals surface area (Å²) in [6.07, 6.45) is -0.627. The van der Waals surface area contributed by atoms with Crippen LogP contribution in [0.5, 0.6) is 17.2 Å². The molecule has 0 unspecified atom stereocenters. The number of carbonyl (C=O) groups is 1. The number of ether oxygens (including phenoxy) is 3. The van der Waals surface area contributed by atoms with Crippen LogP contribution in [0.25, 0.3) is 0 Å². The largest absolute Gasteiger partial charge is 0.495 e. The molecule has 0 radical (unpaired) electrons. The van der Waals surface area contributed by atoms with Crippen LogP contribution in [0.3, 0.4) is 0 Å². The Balaban J connectivity index is 2.21. The van der Waals surface area contributed by atoms with E-state index in [1.165, 1.54) is 14.2 Å². The number of benzene rings is 2. The van der Waals surface area contributed by atoms with Gasteiger partial charge in [0, 0.05) is 9.64 Å². The van der Waals surface area contributed by atoms with Crippen LogP contribution in [0.2, 0.25) is 5.02 Å². The van der Waals surface area contributed by atoms with Crippen LogP contribution >= 0.6 is 34.2 Å². The van der Waals surface area contributed by atoms with Crippen molar-refractivity contribution in [3.63, 3.8) is 0 Å². The average molecular weight is 462 g/mol. The molecule has 0 atom stereocenters. The van der Waals surface area contributed by atoms with Gasteiger partial charge in [-0.25, -0.2) is 4.79 Å². The van der Waals surface area contributed by atoms with Crippen molar-refractivity contribution in [1.82, 2.24) is 0 Å². The van der Waals surface area contributed by atoms with E-state index >= 15 is 0 Å². The summed E-state index contributed by atoms with van der Waals surface area (Å²) in [6.45, 7) is 3.84. The van der Waals surface area contributed by atoms with Gasteiger partial charge in [0.1, 0.15) is 17.2 Å². The molecule has 0 aliphatic heterocycles. The van der Waals surface area contributed by atoms with E-state index in [9.17, 15) is 4.79 Å². The number of nitrogens with one attached hydrogen (secondary N) is 1. The van der Waals surface area contributed by atoms with Crippen LogP contribution in [-0.2, 0) is 0 Å². The Hall–Kier alpha value is -1.67. The number of methoxy groups -OCH3 is 2. The molecular formula is C17H17ClINO4. The lowest BCUT2D eigenvalue weighted by Gasteiger charge is -2.14. The molecule has 128 valence electrons. The monoisotopic (exact) mass is 461 g/mol. The Morgan fingerprint density at radius 3 is 2.29 bits per heavy atom. The molecule has 0 aliphatic rings. The highest BCUT2D eigenvalue weighted by molar-refractivity contribution is 14.1. The number of anilines is 1. The molecule has 2 aromatic carbocycles. The second-order valence-corrected chi connectivity index (χ2v) is 6.64. The number of aryl methyl sites for hydroxylation is 2. The molecule has 0 heterocycles. The van der Waals surface area contributed by atoms with Crippen LogP contribution in [0.4, 0.5) is 10.5 Å². The molecule has 0 aliphatic carbocycles. The molecule has 0 saturated carbocycles. The number of hydrogen-bond acceptors (Lipinski definition) is 4.